The fourth-order valence-electron chi connectivity index (χ4n) is 5.20. The monoisotopic (exact) mass is 527 g/mol. The largest absolute Gasteiger partial charge is 0.463 e. The summed E-state index contributed by atoms with van der Waals surface area (Å²) in [6.45, 7) is 6.06. The van der Waals surface area contributed by atoms with E-state index in [9.17, 15) is 4.79 Å². The van der Waals surface area contributed by atoms with Crippen LogP contribution in [0.25, 0.3) is 32.8 Å². The number of ether oxygens (including phenoxy) is 1. The summed E-state index contributed by atoms with van der Waals surface area (Å²) >= 11 is 12.7. The average Bonchev–Trinajstić information content (AvgIpc) is 2.88. The van der Waals surface area contributed by atoms with Crippen LogP contribution in [0.15, 0.2) is 71.9 Å². The topological polar surface area (TPSA) is 64.1 Å². The van der Waals surface area contributed by atoms with Crippen molar-refractivity contribution in [3.05, 3.63) is 98.7 Å². The number of allylic oxidation sites excluding steroid dienone is 1. The molecule has 1 unspecified atom stereocenters. The molecule has 4 aromatic carbocycles. The highest BCUT2D eigenvalue weighted by Gasteiger charge is 2.36. The van der Waals surface area contributed by atoms with Gasteiger partial charge in [-0.1, -0.05) is 77.3 Å². The van der Waals surface area contributed by atoms with Gasteiger partial charge < -0.3 is 10.1 Å². The van der Waals surface area contributed by atoms with Gasteiger partial charge in [0.1, 0.15) is 0 Å². The number of nitrogens with one attached hydrogen (secondary N) is 1. The summed E-state index contributed by atoms with van der Waals surface area (Å²) in [6, 6.07) is 19.8. The number of fused-ring (bicyclic) bond motifs is 7. The van der Waals surface area contributed by atoms with Crippen LogP contribution in [0.5, 0.6) is 0 Å². The fraction of sp³-hybridized carbons (Fsp3) is 0.167. The van der Waals surface area contributed by atoms with Gasteiger partial charge in [0, 0.05) is 28.0 Å². The molecular weight excluding hydrogens is 505 g/mol. The number of aryl methyl sites for hydroxylation is 1. The Bertz CT molecular complexity index is 1780. The number of halogens is 2. The molecule has 0 fully saturated rings. The summed E-state index contributed by atoms with van der Waals surface area (Å²) < 4.78 is 5.54. The van der Waals surface area contributed by atoms with E-state index >= 15 is 0 Å². The summed E-state index contributed by atoms with van der Waals surface area (Å²) in [5.74, 6) is -0.758. The van der Waals surface area contributed by atoms with Crippen LogP contribution in [0.3, 0.4) is 0 Å². The lowest BCUT2D eigenvalue weighted by molar-refractivity contribution is -0.138. The molecule has 184 valence electrons. The zero-order chi connectivity index (χ0) is 25.8. The van der Waals surface area contributed by atoms with E-state index in [1.54, 1.807) is 12.1 Å². The molecule has 0 spiro atoms. The average molecular weight is 528 g/mol. The third-order valence-corrected chi connectivity index (χ3v) is 7.60. The SMILES string of the molecule is CCOC(=O)C1=C(C)Nc2c(c3nc4cc(Cl)c(Cl)cc4nc3c3ccccc23)C1c1ccc(C)cc1. The Balaban J connectivity index is 1.78. The third kappa shape index (κ3) is 3.81. The van der Waals surface area contributed by atoms with Gasteiger partial charge in [0.25, 0.3) is 0 Å². The first-order valence-corrected chi connectivity index (χ1v) is 12.9. The van der Waals surface area contributed by atoms with Crippen molar-refractivity contribution in [2.45, 2.75) is 26.7 Å². The van der Waals surface area contributed by atoms with Gasteiger partial charge in [-0.15, -0.1) is 0 Å². The minimum Gasteiger partial charge on any atom is -0.463 e. The Morgan fingerprint density at radius 2 is 1.54 bits per heavy atom. The summed E-state index contributed by atoms with van der Waals surface area (Å²) in [5, 5.41) is 6.32. The molecule has 0 saturated heterocycles. The molecule has 1 atom stereocenters. The van der Waals surface area contributed by atoms with E-state index in [0.717, 1.165) is 44.4 Å². The van der Waals surface area contributed by atoms with Gasteiger partial charge in [0.15, 0.2) is 0 Å². The Hall–Kier alpha value is -3.67. The molecule has 37 heavy (non-hydrogen) atoms. The molecule has 6 rings (SSSR count). The molecule has 5 nitrogen and oxygen atoms in total. The van der Waals surface area contributed by atoms with E-state index in [-0.39, 0.29) is 12.6 Å². The third-order valence-electron chi connectivity index (χ3n) is 6.88. The lowest BCUT2D eigenvalue weighted by atomic mass is 9.78. The number of rotatable bonds is 3. The number of benzene rings is 4. The Morgan fingerprint density at radius 1 is 0.919 bits per heavy atom. The van der Waals surface area contributed by atoms with Crippen molar-refractivity contribution in [3.8, 4) is 0 Å². The van der Waals surface area contributed by atoms with Gasteiger partial charge in [-0.05, 0) is 38.5 Å². The van der Waals surface area contributed by atoms with Crippen LogP contribution in [-0.2, 0) is 9.53 Å². The predicted octanol–water partition coefficient (Wildman–Crippen LogP) is 7.95. The highest BCUT2D eigenvalue weighted by Crippen LogP contribution is 2.49. The quantitative estimate of drug-likeness (QED) is 0.146. The molecule has 0 saturated carbocycles. The maximum Gasteiger partial charge on any atom is 0.336 e. The van der Waals surface area contributed by atoms with Gasteiger partial charge in [-0.3, -0.25) is 0 Å². The number of anilines is 1. The lowest BCUT2D eigenvalue weighted by Gasteiger charge is -2.32. The fourth-order valence-corrected chi connectivity index (χ4v) is 5.52. The second-order valence-electron chi connectivity index (χ2n) is 9.24. The smallest absolute Gasteiger partial charge is 0.336 e. The zero-order valence-corrected chi connectivity index (χ0v) is 22.0. The Morgan fingerprint density at radius 3 is 2.19 bits per heavy atom. The minimum atomic E-state index is -0.405. The Labute approximate surface area is 224 Å². The van der Waals surface area contributed by atoms with Crippen LogP contribution >= 0.6 is 23.2 Å². The van der Waals surface area contributed by atoms with Crippen LogP contribution in [0.1, 0.15) is 36.5 Å². The molecule has 1 aromatic heterocycles. The Kier molecular flexibility index (Phi) is 5.78. The lowest BCUT2D eigenvalue weighted by Crippen LogP contribution is -2.25. The molecular formula is C30H23Cl2N3O2. The molecule has 1 N–H and O–H groups in total. The summed E-state index contributed by atoms with van der Waals surface area (Å²) in [5.41, 5.74) is 7.94. The molecule has 5 aromatic rings. The molecule has 0 radical (unpaired) electrons. The number of nitrogens with zero attached hydrogens (tertiary/aromatic N) is 2. The molecule has 0 bridgehead atoms. The van der Waals surface area contributed by atoms with Crippen molar-refractivity contribution in [1.29, 1.82) is 0 Å². The molecule has 1 aliphatic rings. The van der Waals surface area contributed by atoms with Gasteiger partial charge in [-0.2, -0.15) is 0 Å². The molecule has 0 amide bonds. The molecule has 0 aliphatic carbocycles. The maximum atomic E-state index is 13.4. The first-order chi connectivity index (χ1) is 17.9. The molecule has 7 heteroatoms. The van der Waals surface area contributed by atoms with E-state index in [2.05, 4.69) is 35.6 Å². The van der Waals surface area contributed by atoms with Crippen molar-refractivity contribution in [2.75, 3.05) is 11.9 Å². The van der Waals surface area contributed by atoms with Gasteiger partial charge >= 0.3 is 5.97 Å². The van der Waals surface area contributed by atoms with Gasteiger partial charge in [0.2, 0.25) is 0 Å². The standard InChI is InChI=1S/C30H23Cl2N3O2/c1-4-37-30(36)24-16(3)33-27-18-7-5-6-8-19(18)28-29(26(27)25(24)17-11-9-15(2)10-12-17)35-23-14-21(32)20(31)13-22(23)34-28/h5-14,25,33H,4H2,1-3H3. The summed E-state index contributed by atoms with van der Waals surface area (Å²) in [4.78, 5) is 23.5. The van der Waals surface area contributed by atoms with E-state index in [1.807, 2.05) is 39.0 Å². The number of carbonyl (C=O) groups excluding carboxylic acids is 1. The van der Waals surface area contributed by atoms with Crippen molar-refractivity contribution in [1.82, 2.24) is 9.97 Å². The minimum absolute atomic E-state index is 0.283. The number of hydrogen-bond acceptors (Lipinski definition) is 5. The number of aromatic nitrogens is 2. The number of hydrogen-bond donors (Lipinski definition) is 1. The van der Waals surface area contributed by atoms with Gasteiger partial charge in [-0.25, -0.2) is 14.8 Å². The second kappa shape index (κ2) is 9.02. The zero-order valence-electron chi connectivity index (χ0n) is 20.5. The van der Waals surface area contributed by atoms with Crippen molar-refractivity contribution < 1.29 is 9.53 Å². The van der Waals surface area contributed by atoms with Crippen LogP contribution in [0.4, 0.5) is 5.69 Å². The highest BCUT2D eigenvalue weighted by molar-refractivity contribution is 6.42. The number of carbonyl (C=O) groups is 1. The predicted molar refractivity (Wildman–Crippen MR) is 151 cm³/mol. The normalized spacial score (nSPS) is 15.2. The van der Waals surface area contributed by atoms with E-state index < -0.39 is 5.92 Å². The first-order valence-electron chi connectivity index (χ1n) is 12.1. The highest BCUT2D eigenvalue weighted by atomic mass is 35.5. The number of esters is 1. The van der Waals surface area contributed by atoms with Crippen molar-refractivity contribution in [3.63, 3.8) is 0 Å². The maximum absolute atomic E-state index is 13.4. The van der Waals surface area contributed by atoms with E-state index in [1.165, 1.54) is 0 Å². The van der Waals surface area contributed by atoms with E-state index in [4.69, 9.17) is 37.9 Å². The summed E-state index contributed by atoms with van der Waals surface area (Å²) in [7, 11) is 0. The van der Waals surface area contributed by atoms with Crippen molar-refractivity contribution >= 4 is 67.7 Å². The van der Waals surface area contributed by atoms with Gasteiger partial charge in [0.05, 0.1) is 50.0 Å². The van der Waals surface area contributed by atoms with Crippen LogP contribution in [-0.4, -0.2) is 22.5 Å². The summed E-state index contributed by atoms with van der Waals surface area (Å²) in [6.07, 6.45) is 0. The van der Waals surface area contributed by atoms with E-state index in [0.29, 0.717) is 32.2 Å². The van der Waals surface area contributed by atoms with Crippen molar-refractivity contribution in [2.24, 2.45) is 0 Å². The second-order valence-corrected chi connectivity index (χ2v) is 10.1. The molecule has 2 heterocycles. The first kappa shape index (κ1) is 23.7. The molecule has 1 aliphatic heterocycles. The van der Waals surface area contributed by atoms with Crippen LogP contribution in [0.2, 0.25) is 10.0 Å². The van der Waals surface area contributed by atoms with Crippen LogP contribution < -0.4 is 5.32 Å². The van der Waals surface area contributed by atoms with Crippen LogP contribution in [0, 0.1) is 6.92 Å².